The zero-order chi connectivity index (χ0) is 22.6. The van der Waals surface area contributed by atoms with Crippen LogP contribution in [0.25, 0.3) is 0 Å². The highest BCUT2D eigenvalue weighted by Crippen LogP contribution is 2.29. The third-order valence-electron chi connectivity index (χ3n) is 6.76. The number of carbonyl (C=O) groups excluding carboxylic acids is 1. The van der Waals surface area contributed by atoms with Crippen LogP contribution in [0.5, 0.6) is 0 Å². The molecule has 0 atom stereocenters. The molecule has 0 spiro atoms. The maximum absolute atomic E-state index is 13.6. The number of hydrogen-bond acceptors (Lipinski definition) is 6. The fourth-order valence-electron chi connectivity index (χ4n) is 4.91. The van der Waals surface area contributed by atoms with E-state index >= 15 is 0 Å². The fourth-order valence-corrected chi connectivity index (χ4v) is 6.34. The average Bonchev–Trinajstić information content (AvgIpc) is 2.85. The minimum absolute atomic E-state index is 0.115. The van der Waals surface area contributed by atoms with E-state index in [4.69, 9.17) is 9.47 Å². The summed E-state index contributed by atoms with van der Waals surface area (Å²) in [6.45, 7) is 4.71. The van der Waals surface area contributed by atoms with Gasteiger partial charge in [0.1, 0.15) is 0 Å². The first kappa shape index (κ1) is 23.5. The van der Waals surface area contributed by atoms with E-state index in [2.05, 4.69) is 4.90 Å². The van der Waals surface area contributed by atoms with Gasteiger partial charge in [-0.15, -0.1) is 0 Å². The molecule has 0 bridgehead atoms. The molecule has 0 radical (unpaired) electrons. The number of hydrogen-bond donors (Lipinski definition) is 0. The fraction of sp³-hybridized carbons (Fsp3) is 0.696. The molecule has 32 heavy (non-hydrogen) atoms. The first-order valence-electron chi connectivity index (χ1n) is 11.8. The molecule has 4 rings (SSSR count). The molecule has 0 aromatic heterocycles. The summed E-state index contributed by atoms with van der Waals surface area (Å²) in [6, 6.07) is 5.00. The Morgan fingerprint density at radius 1 is 1.00 bits per heavy atom. The Labute approximate surface area is 191 Å². The summed E-state index contributed by atoms with van der Waals surface area (Å²) in [6.07, 6.45) is 6.02. The molecule has 2 aliphatic heterocycles. The minimum Gasteiger partial charge on any atom is -0.379 e. The van der Waals surface area contributed by atoms with Crippen molar-refractivity contribution >= 4 is 21.6 Å². The van der Waals surface area contributed by atoms with Crippen molar-refractivity contribution in [3.8, 4) is 0 Å². The summed E-state index contributed by atoms with van der Waals surface area (Å²) in [7, 11) is -1.84. The average molecular weight is 466 g/mol. The Bertz CT molecular complexity index is 889. The van der Waals surface area contributed by atoms with Crippen LogP contribution >= 0.6 is 0 Å². The van der Waals surface area contributed by atoms with Crippen LogP contribution in [0.4, 0.5) is 5.69 Å². The van der Waals surface area contributed by atoms with Crippen LogP contribution < -0.4 is 4.90 Å². The van der Waals surface area contributed by atoms with Crippen molar-refractivity contribution in [2.45, 2.75) is 37.0 Å². The van der Waals surface area contributed by atoms with Crippen LogP contribution in [0.3, 0.4) is 0 Å². The molecule has 0 unspecified atom stereocenters. The number of sulfonamides is 1. The molecular weight excluding hydrogens is 430 g/mol. The van der Waals surface area contributed by atoms with Crippen LogP contribution in [-0.4, -0.2) is 89.7 Å². The van der Waals surface area contributed by atoms with Gasteiger partial charge in [-0.05, 0) is 37.0 Å². The number of benzene rings is 1. The van der Waals surface area contributed by atoms with E-state index in [9.17, 15) is 13.2 Å². The number of rotatable bonds is 6. The number of ether oxygens (including phenoxy) is 2. The molecule has 0 N–H and O–H groups in total. The van der Waals surface area contributed by atoms with Gasteiger partial charge in [-0.1, -0.05) is 19.3 Å². The Kier molecular flexibility index (Phi) is 7.70. The highest BCUT2D eigenvalue weighted by Gasteiger charge is 2.30. The van der Waals surface area contributed by atoms with E-state index < -0.39 is 10.0 Å². The van der Waals surface area contributed by atoms with Gasteiger partial charge >= 0.3 is 0 Å². The third-order valence-corrected chi connectivity index (χ3v) is 8.66. The number of nitrogens with zero attached hydrogens (tertiary/aromatic N) is 3. The zero-order valence-corrected chi connectivity index (χ0v) is 19.8. The summed E-state index contributed by atoms with van der Waals surface area (Å²) >= 11 is 0. The van der Waals surface area contributed by atoms with Crippen molar-refractivity contribution in [1.82, 2.24) is 9.21 Å². The van der Waals surface area contributed by atoms with E-state index in [1.165, 1.54) is 23.6 Å². The van der Waals surface area contributed by atoms with Gasteiger partial charge in [-0.2, -0.15) is 4.31 Å². The molecule has 2 heterocycles. The Hall–Kier alpha value is -1.68. The molecule has 9 heteroatoms. The molecule has 2 saturated heterocycles. The van der Waals surface area contributed by atoms with E-state index in [0.29, 0.717) is 70.6 Å². The lowest BCUT2D eigenvalue weighted by molar-refractivity contribution is 0.0729. The normalized spacial score (nSPS) is 21.5. The number of morpholine rings is 2. The number of amides is 1. The molecular formula is C23H35N3O5S. The van der Waals surface area contributed by atoms with Gasteiger partial charge in [-0.25, -0.2) is 8.42 Å². The molecule has 1 aromatic carbocycles. The van der Waals surface area contributed by atoms with E-state index in [-0.39, 0.29) is 10.8 Å². The molecule has 3 aliphatic rings. The summed E-state index contributed by atoms with van der Waals surface area (Å²) in [5.74, 6) is 0.404. The van der Waals surface area contributed by atoms with Gasteiger partial charge in [0.15, 0.2) is 0 Å². The molecule has 1 amide bonds. The summed E-state index contributed by atoms with van der Waals surface area (Å²) < 4.78 is 38.7. The SMILES string of the molecule is CN(CC1CCCCC1)C(=O)c1cc(S(=O)(=O)N2CCOCC2)ccc1N1CCOCC1. The maximum atomic E-state index is 13.6. The second-order valence-corrected chi connectivity index (χ2v) is 10.9. The Morgan fingerprint density at radius 2 is 1.62 bits per heavy atom. The van der Waals surface area contributed by atoms with E-state index in [1.54, 1.807) is 23.1 Å². The maximum Gasteiger partial charge on any atom is 0.255 e. The lowest BCUT2D eigenvalue weighted by atomic mass is 9.89. The highest BCUT2D eigenvalue weighted by molar-refractivity contribution is 7.89. The molecule has 1 saturated carbocycles. The standard InChI is InChI=1S/C23H35N3O5S/c1-24(18-19-5-3-2-4-6-19)23(27)21-17-20(32(28,29)26-11-15-31-16-12-26)7-8-22(21)25-9-13-30-14-10-25/h7-8,17,19H,2-6,9-16,18H2,1H3. The topological polar surface area (TPSA) is 79.4 Å². The van der Waals surface area contributed by atoms with Gasteiger partial charge in [0.2, 0.25) is 10.0 Å². The van der Waals surface area contributed by atoms with Gasteiger partial charge < -0.3 is 19.3 Å². The van der Waals surface area contributed by atoms with Crippen molar-refractivity contribution in [2.75, 3.05) is 71.1 Å². The zero-order valence-electron chi connectivity index (χ0n) is 19.0. The molecule has 1 aromatic rings. The Balaban J connectivity index is 1.63. The molecule has 1 aliphatic carbocycles. The van der Waals surface area contributed by atoms with Crippen molar-refractivity contribution in [3.63, 3.8) is 0 Å². The lowest BCUT2D eigenvalue weighted by Crippen LogP contribution is -2.41. The van der Waals surface area contributed by atoms with Crippen LogP contribution in [0.1, 0.15) is 42.5 Å². The number of anilines is 1. The lowest BCUT2D eigenvalue weighted by Gasteiger charge is -2.33. The van der Waals surface area contributed by atoms with Gasteiger partial charge in [0.05, 0.1) is 36.9 Å². The monoisotopic (exact) mass is 465 g/mol. The van der Waals surface area contributed by atoms with Crippen molar-refractivity contribution in [1.29, 1.82) is 0 Å². The first-order chi connectivity index (χ1) is 15.5. The second kappa shape index (κ2) is 10.5. The second-order valence-electron chi connectivity index (χ2n) is 8.98. The third kappa shape index (κ3) is 5.27. The van der Waals surface area contributed by atoms with E-state index in [1.807, 2.05) is 7.05 Å². The Morgan fingerprint density at radius 3 is 2.28 bits per heavy atom. The van der Waals surface area contributed by atoms with Crippen molar-refractivity contribution in [2.24, 2.45) is 5.92 Å². The van der Waals surface area contributed by atoms with Crippen LogP contribution in [-0.2, 0) is 19.5 Å². The van der Waals surface area contributed by atoms with Crippen molar-refractivity contribution < 1.29 is 22.7 Å². The molecule has 178 valence electrons. The largest absolute Gasteiger partial charge is 0.379 e. The van der Waals surface area contributed by atoms with E-state index in [0.717, 1.165) is 18.5 Å². The minimum atomic E-state index is -3.68. The summed E-state index contributed by atoms with van der Waals surface area (Å²) in [5.41, 5.74) is 1.24. The van der Waals surface area contributed by atoms with Gasteiger partial charge in [0.25, 0.3) is 5.91 Å². The van der Waals surface area contributed by atoms with Crippen LogP contribution in [0.15, 0.2) is 23.1 Å². The number of carbonyl (C=O) groups is 1. The van der Waals surface area contributed by atoms with Crippen molar-refractivity contribution in [3.05, 3.63) is 23.8 Å². The van der Waals surface area contributed by atoms with Crippen LogP contribution in [0.2, 0.25) is 0 Å². The van der Waals surface area contributed by atoms with Gasteiger partial charge in [0, 0.05) is 45.5 Å². The molecule has 3 fully saturated rings. The van der Waals surface area contributed by atoms with Crippen LogP contribution in [0, 0.1) is 5.92 Å². The quantitative estimate of drug-likeness (QED) is 0.641. The highest BCUT2D eigenvalue weighted by atomic mass is 32.2. The smallest absolute Gasteiger partial charge is 0.255 e. The molecule has 8 nitrogen and oxygen atoms in total. The predicted octanol–water partition coefficient (Wildman–Crippen LogP) is 2.20. The van der Waals surface area contributed by atoms with Gasteiger partial charge in [-0.3, -0.25) is 4.79 Å². The first-order valence-corrected chi connectivity index (χ1v) is 13.2. The predicted molar refractivity (Wildman–Crippen MR) is 123 cm³/mol. The summed E-state index contributed by atoms with van der Waals surface area (Å²) in [5, 5.41) is 0. The summed E-state index contributed by atoms with van der Waals surface area (Å²) in [4.78, 5) is 17.6.